The van der Waals surface area contributed by atoms with Crippen LogP contribution in [-0.2, 0) is 23.3 Å². The molecule has 7 heteroatoms. The van der Waals surface area contributed by atoms with Crippen LogP contribution in [0.4, 0.5) is 0 Å². The number of likely N-dealkylation sites (N-methyl/N-ethyl adjacent to an activating group) is 1. The van der Waals surface area contributed by atoms with E-state index in [4.69, 9.17) is 0 Å². The van der Waals surface area contributed by atoms with Crippen LogP contribution < -0.4 is 5.32 Å². The van der Waals surface area contributed by atoms with E-state index in [-0.39, 0.29) is 12.0 Å². The van der Waals surface area contributed by atoms with Crippen molar-refractivity contribution in [3.63, 3.8) is 0 Å². The summed E-state index contributed by atoms with van der Waals surface area (Å²) in [6, 6.07) is 0.162. The first kappa shape index (κ1) is 13.5. The van der Waals surface area contributed by atoms with E-state index in [0.29, 0.717) is 11.5 Å². The van der Waals surface area contributed by atoms with Crippen LogP contribution in [0.15, 0.2) is 6.33 Å². The van der Waals surface area contributed by atoms with E-state index in [1.54, 1.807) is 4.68 Å². The van der Waals surface area contributed by atoms with Crippen LogP contribution >= 0.6 is 0 Å². The first-order chi connectivity index (χ1) is 8.52. The molecule has 0 bridgehead atoms. The summed E-state index contributed by atoms with van der Waals surface area (Å²) in [5, 5.41) is 7.43. The zero-order chi connectivity index (χ0) is 13.2. The fourth-order valence-electron chi connectivity index (χ4n) is 2.51. The Morgan fingerprint density at radius 1 is 1.61 bits per heavy atom. The number of hydrogen-bond acceptors (Lipinski definition) is 5. The number of hydrogen-bond donors (Lipinski definition) is 1. The fourth-order valence-corrected chi connectivity index (χ4v) is 4.39. The van der Waals surface area contributed by atoms with Gasteiger partial charge in [0.15, 0.2) is 9.84 Å². The second-order valence-electron chi connectivity index (χ2n) is 4.83. The first-order valence-electron chi connectivity index (χ1n) is 6.28. The van der Waals surface area contributed by atoms with Crippen LogP contribution in [0.1, 0.15) is 19.2 Å². The molecule has 0 aliphatic carbocycles. The highest BCUT2D eigenvalue weighted by atomic mass is 32.2. The normalized spacial score (nSPS) is 24.2. The lowest BCUT2D eigenvalue weighted by Gasteiger charge is -2.22. The molecular formula is C11H20N4O2S. The minimum absolute atomic E-state index is 0.162. The highest BCUT2D eigenvalue weighted by Crippen LogP contribution is 2.23. The van der Waals surface area contributed by atoms with Gasteiger partial charge in [0.1, 0.15) is 12.2 Å². The van der Waals surface area contributed by atoms with Crippen molar-refractivity contribution in [1.82, 2.24) is 20.1 Å². The Hall–Kier alpha value is -0.950. The van der Waals surface area contributed by atoms with Crippen LogP contribution in [0.2, 0.25) is 0 Å². The van der Waals surface area contributed by atoms with Crippen LogP contribution in [0, 0.1) is 5.92 Å². The van der Waals surface area contributed by atoms with Gasteiger partial charge in [-0.05, 0) is 18.9 Å². The third-order valence-corrected chi connectivity index (χ3v) is 5.30. The molecule has 0 radical (unpaired) electrons. The van der Waals surface area contributed by atoms with Crippen LogP contribution in [0.25, 0.3) is 0 Å². The van der Waals surface area contributed by atoms with E-state index < -0.39 is 9.84 Å². The number of nitrogens with zero attached hydrogens (tertiary/aromatic N) is 3. The van der Waals surface area contributed by atoms with Gasteiger partial charge in [-0.3, -0.25) is 4.68 Å². The van der Waals surface area contributed by atoms with Gasteiger partial charge in [-0.2, -0.15) is 5.10 Å². The van der Waals surface area contributed by atoms with Crippen molar-refractivity contribution < 1.29 is 8.42 Å². The minimum atomic E-state index is -2.83. The predicted molar refractivity (Wildman–Crippen MR) is 68.9 cm³/mol. The number of aryl methyl sites for hydroxylation is 1. The Labute approximate surface area is 108 Å². The Morgan fingerprint density at radius 3 is 2.89 bits per heavy atom. The summed E-state index contributed by atoms with van der Waals surface area (Å²) in [4.78, 5) is 4.21. The maximum Gasteiger partial charge on any atom is 0.150 e. The summed E-state index contributed by atoms with van der Waals surface area (Å²) < 4.78 is 24.9. The quantitative estimate of drug-likeness (QED) is 0.801. The molecule has 1 aliphatic rings. The van der Waals surface area contributed by atoms with Crippen LogP contribution in [0.3, 0.4) is 0 Å². The van der Waals surface area contributed by atoms with E-state index in [2.05, 4.69) is 15.4 Å². The first-order valence-corrected chi connectivity index (χ1v) is 8.10. The van der Waals surface area contributed by atoms with Gasteiger partial charge in [0.2, 0.25) is 0 Å². The Bertz CT molecular complexity index is 497. The lowest BCUT2D eigenvalue weighted by molar-refractivity contribution is 0.376. The van der Waals surface area contributed by atoms with Crippen molar-refractivity contribution in [1.29, 1.82) is 0 Å². The molecule has 1 N–H and O–H groups in total. The summed E-state index contributed by atoms with van der Waals surface area (Å²) >= 11 is 0. The third-order valence-electron chi connectivity index (χ3n) is 3.51. The molecule has 0 spiro atoms. The number of aromatic nitrogens is 3. The molecule has 1 fully saturated rings. The summed E-state index contributed by atoms with van der Waals surface area (Å²) in [6.45, 7) is 2.87. The van der Waals surface area contributed by atoms with Gasteiger partial charge in [0.05, 0.1) is 11.5 Å². The zero-order valence-electron chi connectivity index (χ0n) is 10.8. The second-order valence-corrected chi connectivity index (χ2v) is 7.06. The second kappa shape index (κ2) is 5.36. The van der Waals surface area contributed by atoms with Crippen molar-refractivity contribution in [2.75, 3.05) is 18.1 Å². The van der Waals surface area contributed by atoms with Gasteiger partial charge in [-0.1, -0.05) is 6.92 Å². The molecular weight excluding hydrogens is 252 g/mol. The van der Waals surface area contributed by atoms with E-state index in [1.807, 2.05) is 14.0 Å². The SMILES string of the molecule is CCNC(Cc1ncnn1C)C1CCS(=O)(=O)C1. The van der Waals surface area contributed by atoms with Crippen LogP contribution in [-0.4, -0.2) is 47.3 Å². The molecule has 1 aromatic heterocycles. The number of nitrogens with one attached hydrogen (secondary N) is 1. The molecule has 6 nitrogen and oxygen atoms in total. The van der Waals surface area contributed by atoms with Crippen molar-refractivity contribution in [3.05, 3.63) is 12.2 Å². The molecule has 102 valence electrons. The third kappa shape index (κ3) is 3.08. The maximum atomic E-state index is 11.6. The average Bonchev–Trinajstić information content (AvgIpc) is 2.85. The zero-order valence-corrected chi connectivity index (χ0v) is 11.7. The van der Waals surface area contributed by atoms with Crippen molar-refractivity contribution in [2.45, 2.75) is 25.8 Å². The van der Waals surface area contributed by atoms with Gasteiger partial charge in [-0.25, -0.2) is 13.4 Å². The highest BCUT2D eigenvalue weighted by molar-refractivity contribution is 7.91. The molecule has 2 rings (SSSR count). The van der Waals surface area contributed by atoms with Crippen molar-refractivity contribution >= 4 is 9.84 Å². The summed E-state index contributed by atoms with van der Waals surface area (Å²) in [5.41, 5.74) is 0. The summed E-state index contributed by atoms with van der Waals surface area (Å²) in [6.07, 6.45) is 3.01. The average molecular weight is 272 g/mol. The molecule has 2 unspecified atom stereocenters. The molecule has 1 aliphatic heterocycles. The lowest BCUT2D eigenvalue weighted by Crippen LogP contribution is -2.39. The van der Waals surface area contributed by atoms with E-state index in [9.17, 15) is 8.42 Å². The van der Waals surface area contributed by atoms with E-state index in [1.165, 1.54) is 6.33 Å². The Kier molecular flexibility index (Phi) is 4.01. The molecule has 0 amide bonds. The van der Waals surface area contributed by atoms with Gasteiger partial charge in [0.25, 0.3) is 0 Å². The highest BCUT2D eigenvalue weighted by Gasteiger charge is 2.33. The summed E-state index contributed by atoms with van der Waals surface area (Å²) in [7, 11) is -0.973. The van der Waals surface area contributed by atoms with E-state index >= 15 is 0 Å². The van der Waals surface area contributed by atoms with Crippen molar-refractivity contribution in [3.8, 4) is 0 Å². The van der Waals surface area contributed by atoms with Gasteiger partial charge < -0.3 is 5.32 Å². The largest absolute Gasteiger partial charge is 0.313 e. The van der Waals surface area contributed by atoms with Gasteiger partial charge in [0, 0.05) is 19.5 Å². The molecule has 0 saturated carbocycles. The fraction of sp³-hybridized carbons (Fsp3) is 0.818. The molecule has 1 aromatic rings. The van der Waals surface area contributed by atoms with Gasteiger partial charge in [-0.15, -0.1) is 0 Å². The molecule has 2 heterocycles. The monoisotopic (exact) mass is 272 g/mol. The van der Waals surface area contributed by atoms with Crippen LogP contribution in [0.5, 0.6) is 0 Å². The lowest BCUT2D eigenvalue weighted by atomic mass is 9.96. The van der Waals surface area contributed by atoms with E-state index in [0.717, 1.165) is 25.2 Å². The topological polar surface area (TPSA) is 76.9 Å². The molecule has 18 heavy (non-hydrogen) atoms. The van der Waals surface area contributed by atoms with Crippen molar-refractivity contribution in [2.24, 2.45) is 13.0 Å². The standard InChI is InChI=1S/C11H20N4O2S/c1-3-12-10(6-11-13-8-14-15(11)2)9-4-5-18(16,17)7-9/h8-10,12H,3-7H2,1-2H3. The molecule has 2 atom stereocenters. The Balaban J connectivity index is 2.07. The Morgan fingerprint density at radius 2 is 2.39 bits per heavy atom. The number of rotatable bonds is 5. The molecule has 0 aromatic carbocycles. The van der Waals surface area contributed by atoms with Gasteiger partial charge >= 0.3 is 0 Å². The smallest absolute Gasteiger partial charge is 0.150 e. The number of sulfone groups is 1. The minimum Gasteiger partial charge on any atom is -0.313 e. The summed E-state index contributed by atoms with van der Waals surface area (Å²) in [5.74, 6) is 1.69. The predicted octanol–water partition coefficient (Wildman–Crippen LogP) is -0.230. The maximum absolute atomic E-state index is 11.6. The molecule has 1 saturated heterocycles.